The van der Waals surface area contributed by atoms with Crippen LogP contribution in [0.2, 0.25) is 0 Å². The quantitative estimate of drug-likeness (QED) is 0.194. The van der Waals surface area contributed by atoms with Crippen molar-refractivity contribution in [2.24, 2.45) is 0 Å². The summed E-state index contributed by atoms with van der Waals surface area (Å²) in [6.45, 7) is 6.97. The number of fused-ring (bicyclic) bond motifs is 8. The second-order valence-corrected chi connectivity index (χ2v) is 14.9. The molecule has 6 aromatic carbocycles. The van der Waals surface area contributed by atoms with Crippen molar-refractivity contribution in [1.29, 1.82) is 0 Å². The van der Waals surface area contributed by atoms with Gasteiger partial charge in [0.15, 0.2) is 0 Å². The summed E-state index contributed by atoms with van der Waals surface area (Å²) in [5, 5.41) is 2.30. The number of anilines is 3. The SMILES string of the molecule is CC(C)(C)c1ccc(-c2ccccc2)cc1N(c1ccc2c(c1)C1(CCCCC1)c1ccccc1-2)c1ccc2c(c1)oc1ccccc12. The second-order valence-electron chi connectivity index (χ2n) is 14.9. The minimum absolute atomic E-state index is 0.0767. The molecule has 48 heavy (non-hydrogen) atoms. The summed E-state index contributed by atoms with van der Waals surface area (Å²) >= 11 is 0. The highest BCUT2D eigenvalue weighted by atomic mass is 16.3. The molecule has 7 aromatic rings. The van der Waals surface area contributed by atoms with Crippen molar-refractivity contribution in [3.63, 3.8) is 0 Å². The Morgan fingerprint density at radius 3 is 2.06 bits per heavy atom. The summed E-state index contributed by atoms with van der Waals surface area (Å²) in [6, 6.07) is 49.4. The van der Waals surface area contributed by atoms with Gasteiger partial charge in [-0.15, -0.1) is 0 Å². The van der Waals surface area contributed by atoms with Gasteiger partial charge in [-0.1, -0.05) is 131 Å². The Morgan fingerprint density at radius 1 is 0.542 bits per heavy atom. The molecule has 1 spiro atoms. The maximum atomic E-state index is 6.49. The third kappa shape index (κ3) is 4.53. The van der Waals surface area contributed by atoms with E-state index in [4.69, 9.17) is 4.42 Å². The van der Waals surface area contributed by atoms with Crippen LogP contribution in [-0.2, 0) is 10.8 Å². The summed E-state index contributed by atoms with van der Waals surface area (Å²) in [5.74, 6) is 0. The lowest BCUT2D eigenvalue weighted by Gasteiger charge is -2.37. The van der Waals surface area contributed by atoms with Crippen LogP contribution in [0.4, 0.5) is 17.1 Å². The van der Waals surface area contributed by atoms with Crippen LogP contribution in [0.3, 0.4) is 0 Å². The fraction of sp³-hybridized carbons (Fsp3) is 0.217. The average molecular weight is 624 g/mol. The summed E-state index contributed by atoms with van der Waals surface area (Å²) in [5.41, 5.74) is 14.9. The Kier molecular flexibility index (Phi) is 6.66. The molecule has 0 N–H and O–H groups in total. The molecule has 1 aromatic heterocycles. The minimum atomic E-state index is -0.0795. The number of benzene rings is 6. The molecule has 2 nitrogen and oxygen atoms in total. The lowest BCUT2D eigenvalue weighted by Crippen LogP contribution is -2.28. The molecule has 236 valence electrons. The molecule has 0 atom stereocenters. The molecule has 0 bridgehead atoms. The molecule has 9 rings (SSSR count). The van der Waals surface area contributed by atoms with Gasteiger partial charge < -0.3 is 9.32 Å². The van der Waals surface area contributed by atoms with Crippen LogP contribution in [0, 0.1) is 0 Å². The average Bonchev–Trinajstić information content (AvgIpc) is 3.61. The first-order valence-electron chi connectivity index (χ1n) is 17.6. The monoisotopic (exact) mass is 623 g/mol. The molecule has 1 saturated carbocycles. The summed E-state index contributed by atoms with van der Waals surface area (Å²) in [7, 11) is 0. The molecule has 0 unspecified atom stereocenters. The van der Waals surface area contributed by atoms with Crippen LogP contribution in [-0.4, -0.2) is 0 Å². The smallest absolute Gasteiger partial charge is 0.137 e. The van der Waals surface area contributed by atoms with Gasteiger partial charge in [0.2, 0.25) is 0 Å². The fourth-order valence-electron chi connectivity index (χ4n) is 8.72. The first-order valence-corrected chi connectivity index (χ1v) is 17.6. The molecule has 1 fully saturated rings. The van der Waals surface area contributed by atoms with E-state index in [1.165, 1.54) is 82.4 Å². The Bertz CT molecular complexity index is 2310. The number of nitrogens with zero attached hydrogens (tertiary/aromatic N) is 1. The van der Waals surface area contributed by atoms with E-state index in [0.717, 1.165) is 27.6 Å². The third-order valence-corrected chi connectivity index (χ3v) is 11.0. The highest BCUT2D eigenvalue weighted by molar-refractivity contribution is 6.06. The summed E-state index contributed by atoms with van der Waals surface area (Å²) in [6.07, 6.45) is 6.30. The van der Waals surface area contributed by atoms with E-state index < -0.39 is 0 Å². The molecule has 0 saturated heterocycles. The van der Waals surface area contributed by atoms with Gasteiger partial charge in [-0.25, -0.2) is 0 Å². The van der Waals surface area contributed by atoms with Crippen molar-refractivity contribution >= 4 is 39.0 Å². The van der Waals surface area contributed by atoms with Gasteiger partial charge in [-0.3, -0.25) is 0 Å². The summed E-state index contributed by atoms with van der Waals surface area (Å²) in [4.78, 5) is 2.50. The first-order chi connectivity index (χ1) is 23.4. The van der Waals surface area contributed by atoms with Crippen molar-refractivity contribution in [1.82, 2.24) is 0 Å². The number of rotatable bonds is 4. The van der Waals surface area contributed by atoms with Gasteiger partial charge in [0.1, 0.15) is 11.2 Å². The maximum absolute atomic E-state index is 6.49. The normalized spacial score (nSPS) is 15.1. The van der Waals surface area contributed by atoms with E-state index in [0.29, 0.717) is 0 Å². The summed E-state index contributed by atoms with van der Waals surface area (Å²) < 4.78 is 6.49. The topological polar surface area (TPSA) is 16.4 Å². The van der Waals surface area contributed by atoms with E-state index in [1.807, 2.05) is 6.07 Å². The third-order valence-electron chi connectivity index (χ3n) is 11.0. The highest BCUT2D eigenvalue weighted by Crippen LogP contribution is 2.57. The van der Waals surface area contributed by atoms with Gasteiger partial charge >= 0.3 is 0 Å². The van der Waals surface area contributed by atoms with Gasteiger partial charge in [0, 0.05) is 33.6 Å². The largest absolute Gasteiger partial charge is 0.456 e. The van der Waals surface area contributed by atoms with Crippen molar-refractivity contribution < 1.29 is 4.42 Å². The zero-order chi connectivity index (χ0) is 32.5. The van der Waals surface area contributed by atoms with Gasteiger partial charge in [-0.05, 0) is 93.6 Å². The van der Waals surface area contributed by atoms with E-state index in [-0.39, 0.29) is 10.8 Å². The van der Waals surface area contributed by atoms with Gasteiger partial charge in [0.25, 0.3) is 0 Å². The van der Waals surface area contributed by atoms with Crippen LogP contribution in [0.1, 0.15) is 69.6 Å². The molecule has 0 aliphatic heterocycles. The molecule has 0 amide bonds. The van der Waals surface area contributed by atoms with Crippen LogP contribution >= 0.6 is 0 Å². The first kappa shape index (κ1) is 29.1. The molecule has 1 heterocycles. The van der Waals surface area contributed by atoms with Gasteiger partial charge in [-0.2, -0.15) is 0 Å². The maximum Gasteiger partial charge on any atom is 0.137 e. The lowest BCUT2D eigenvalue weighted by molar-refractivity contribution is 0.353. The van der Waals surface area contributed by atoms with E-state index >= 15 is 0 Å². The zero-order valence-corrected chi connectivity index (χ0v) is 28.1. The standard InChI is InChI=1S/C46H41NO/c1-45(2,3)40-25-20-32(31-14-6-4-7-15-31)28-42(40)47(34-22-24-38-37-17-9-11-19-43(37)48-44(38)30-34)33-21-23-36-35-16-8-10-18-39(35)46(41(36)29-33)26-12-5-13-27-46/h4,6-11,14-25,28-30H,5,12-13,26-27H2,1-3H3. The zero-order valence-electron chi connectivity index (χ0n) is 28.1. The van der Waals surface area contributed by atoms with Crippen LogP contribution in [0.25, 0.3) is 44.2 Å². The van der Waals surface area contributed by atoms with E-state index in [1.54, 1.807) is 0 Å². The van der Waals surface area contributed by atoms with E-state index in [2.05, 4.69) is 153 Å². The molecule has 2 heteroatoms. The predicted molar refractivity (Wildman–Crippen MR) is 202 cm³/mol. The Balaban J connectivity index is 1.31. The minimum Gasteiger partial charge on any atom is -0.456 e. The lowest BCUT2D eigenvalue weighted by atomic mass is 9.68. The molecular formula is C46H41NO. The Hall–Kier alpha value is -5.08. The van der Waals surface area contributed by atoms with E-state index in [9.17, 15) is 0 Å². The fourth-order valence-corrected chi connectivity index (χ4v) is 8.72. The van der Waals surface area contributed by atoms with Gasteiger partial charge in [0.05, 0.1) is 5.69 Å². The molecule has 0 radical (unpaired) electrons. The highest BCUT2D eigenvalue weighted by Gasteiger charge is 2.44. The molecule has 2 aliphatic rings. The van der Waals surface area contributed by atoms with Crippen molar-refractivity contribution in [3.8, 4) is 22.3 Å². The number of para-hydroxylation sites is 1. The number of hydrogen-bond donors (Lipinski definition) is 0. The van der Waals surface area contributed by atoms with Crippen molar-refractivity contribution in [3.05, 3.63) is 150 Å². The Labute approximate surface area is 283 Å². The van der Waals surface area contributed by atoms with Crippen molar-refractivity contribution in [2.45, 2.75) is 63.7 Å². The predicted octanol–water partition coefficient (Wildman–Crippen LogP) is 13.3. The Morgan fingerprint density at radius 2 is 1.23 bits per heavy atom. The van der Waals surface area contributed by atoms with Crippen LogP contribution in [0.5, 0.6) is 0 Å². The number of hydrogen-bond acceptors (Lipinski definition) is 2. The number of furan rings is 1. The molecule has 2 aliphatic carbocycles. The van der Waals surface area contributed by atoms with Crippen molar-refractivity contribution in [2.75, 3.05) is 4.90 Å². The molecular weight excluding hydrogens is 583 g/mol. The second kappa shape index (κ2) is 11.0. The van der Waals surface area contributed by atoms with Crippen LogP contribution in [0.15, 0.2) is 138 Å². The van der Waals surface area contributed by atoms with Crippen LogP contribution < -0.4 is 4.90 Å².